The molecule has 0 saturated carbocycles. The van der Waals surface area contributed by atoms with E-state index in [1.54, 1.807) is 36.2 Å². The van der Waals surface area contributed by atoms with Gasteiger partial charge >= 0.3 is 0 Å². The molecule has 2 aromatic rings. The van der Waals surface area contributed by atoms with Gasteiger partial charge in [0.25, 0.3) is 5.91 Å². The molecular formula is C20H21BrN2O4. The molecule has 27 heavy (non-hydrogen) atoms. The van der Waals surface area contributed by atoms with E-state index in [1.165, 1.54) is 0 Å². The van der Waals surface area contributed by atoms with Crippen LogP contribution in [-0.2, 0) is 4.79 Å². The van der Waals surface area contributed by atoms with Gasteiger partial charge in [0.1, 0.15) is 6.61 Å². The number of carbonyl (C=O) groups is 2. The van der Waals surface area contributed by atoms with Crippen molar-refractivity contribution >= 4 is 27.7 Å². The second-order valence-corrected chi connectivity index (χ2v) is 7.20. The number of rotatable bonds is 6. The Kier molecular flexibility index (Phi) is 6.34. The molecule has 3 rings (SSSR count). The number of likely N-dealkylation sites (N-methyl/N-ethyl adjacent to an activating group) is 1. The number of ether oxygens (including phenoxy) is 2. The van der Waals surface area contributed by atoms with Gasteiger partial charge in [0.05, 0.1) is 6.54 Å². The van der Waals surface area contributed by atoms with E-state index in [1.807, 2.05) is 24.3 Å². The average molecular weight is 433 g/mol. The van der Waals surface area contributed by atoms with Gasteiger partial charge in [-0.25, -0.2) is 0 Å². The fourth-order valence-electron chi connectivity index (χ4n) is 2.74. The second-order valence-electron chi connectivity index (χ2n) is 6.28. The molecule has 1 unspecified atom stereocenters. The number of fused-ring (bicyclic) bond motifs is 1. The molecule has 2 aromatic carbocycles. The average Bonchev–Trinajstić information content (AvgIpc) is 2.68. The summed E-state index contributed by atoms with van der Waals surface area (Å²) in [5, 5.41) is 2.76. The maximum Gasteiger partial charge on any atom is 0.251 e. The minimum atomic E-state index is -0.216. The van der Waals surface area contributed by atoms with Crippen LogP contribution in [0.1, 0.15) is 16.8 Å². The number of hydrogen-bond donors (Lipinski definition) is 1. The van der Waals surface area contributed by atoms with Gasteiger partial charge in [-0.2, -0.15) is 0 Å². The van der Waals surface area contributed by atoms with Crippen LogP contribution in [0.3, 0.4) is 0 Å². The normalized spacial score (nSPS) is 15.1. The first-order valence-electron chi connectivity index (χ1n) is 8.69. The first-order valence-corrected chi connectivity index (χ1v) is 9.48. The van der Waals surface area contributed by atoms with Crippen LogP contribution < -0.4 is 14.8 Å². The lowest BCUT2D eigenvalue weighted by atomic mass is 10.2. The molecular weight excluding hydrogens is 412 g/mol. The molecule has 0 aromatic heterocycles. The third-order valence-corrected chi connectivity index (χ3v) is 4.73. The van der Waals surface area contributed by atoms with Crippen molar-refractivity contribution in [3.8, 4) is 11.5 Å². The smallest absolute Gasteiger partial charge is 0.251 e. The summed E-state index contributed by atoms with van der Waals surface area (Å²) in [6.07, 6.45) is 0.00866. The Morgan fingerprint density at radius 2 is 1.85 bits per heavy atom. The van der Waals surface area contributed by atoms with Gasteiger partial charge in [0.15, 0.2) is 17.6 Å². The van der Waals surface area contributed by atoms with E-state index in [-0.39, 0.29) is 30.9 Å². The molecule has 1 aliphatic heterocycles. The summed E-state index contributed by atoms with van der Waals surface area (Å²) in [7, 11) is 1.72. The van der Waals surface area contributed by atoms with Crippen molar-refractivity contribution in [2.75, 3.05) is 26.7 Å². The van der Waals surface area contributed by atoms with E-state index in [9.17, 15) is 9.59 Å². The minimum absolute atomic E-state index is 0.0615. The molecule has 0 bridgehead atoms. The van der Waals surface area contributed by atoms with E-state index < -0.39 is 0 Å². The predicted octanol–water partition coefficient (Wildman–Crippen LogP) is 2.87. The Balaban J connectivity index is 1.42. The van der Waals surface area contributed by atoms with Crippen LogP contribution in [0.15, 0.2) is 53.0 Å². The van der Waals surface area contributed by atoms with Gasteiger partial charge in [-0.05, 0) is 36.4 Å². The quantitative estimate of drug-likeness (QED) is 0.761. The molecule has 6 nitrogen and oxygen atoms in total. The highest BCUT2D eigenvalue weighted by molar-refractivity contribution is 9.10. The van der Waals surface area contributed by atoms with Crippen LogP contribution in [0.2, 0.25) is 0 Å². The fourth-order valence-corrected chi connectivity index (χ4v) is 3.00. The monoisotopic (exact) mass is 432 g/mol. The number of amides is 2. The maximum absolute atomic E-state index is 12.3. The van der Waals surface area contributed by atoms with Crippen LogP contribution in [0.4, 0.5) is 0 Å². The first-order chi connectivity index (χ1) is 13.0. The second kappa shape index (κ2) is 8.90. The highest BCUT2D eigenvalue weighted by Gasteiger charge is 2.23. The fraction of sp³-hybridized carbons (Fsp3) is 0.300. The molecule has 2 amide bonds. The summed E-state index contributed by atoms with van der Waals surface area (Å²) >= 11 is 3.33. The highest BCUT2D eigenvalue weighted by Crippen LogP contribution is 2.30. The Morgan fingerprint density at radius 3 is 2.59 bits per heavy atom. The zero-order chi connectivity index (χ0) is 19.2. The predicted molar refractivity (Wildman–Crippen MR) is 105 cm³/mol. The number of nitrogens with one attached hydrogen (secondary N) is 1. The molecule has 0 radical (unpaired) electrons. The number of carbonyl (C=O) groups excluding carboxylic acids is 2. The van der Waals surface area contributed by atoms with Crippen LogP contribution in [0.25, 0.3) is 0 Å². The van der Waals surface area contributed by atoms with Crippen LogP contribution in [-0.4, -0.2) is 49.6 Å². The number of hydrogen-bond acceptors (Lipinski definition) is 4. The highest BCUT2D eigenvalue weighted by atomic mass is 79.9. The van der Waals surface area contributed by atoms with Gasteiger partial charge in [0.2, 0.25) is 5.91 Å². The first kappa shape index (κ1) is 19.2. The van der Waals surface area contributed by atoms with E-state index in [0.29, 0.717) is 24.5 Å². The summed E-state index contributed by atoms with van der Waals surface area (Å²) in [6, 6.07) is 14.5. The largest absolute Gasteiger partial charge is 0.486 e. The van der Waals surface area contributed by atoms with E-state index in [2.05, 4.69) is 21.2 Å². The molecule has 1 N–H and O–H groups in total. The topological polar surface area (TPSA) is 67.9 Å². The van der Waals surface area contributed by atoms with Gasteiger partial charge in [-0.3, -0.25) is 9.59 Å². The van der Waals surface area contributed by atoms with Crippen molar-refractivity contribution in [3.05, 3.63) is 58.6 Å². The van der Waals surface area contributed by atoms with Crippen molar-refractivity contribution < 1.29 is 19.1 Å². The molecule has 7 heteroatoms. The van der Waals surface area contributed by atoms with Gasteiger partial charge in [-0.1, -0.05) is 28.1 Å². The van der Waals surface area contributed by atoms with Crippen LogP contribution >= 0.6 is 15.9 Å². The van der Waals surface area contributed by atoms with Gasteiger partial charge in [0, 0.05) is 30.0 Å². The molecule has 1 atom stereocenters. The molecule has 0 spiro atoms. The van der Waals surface area contributed by atoms with Crippen molar-refractivity contribution in [2.24, 2.45) is 0 Å². The molecule has 1 aliphatic rings. The van der Waals surface area contributed by atoms with Crippen LogP contribution in [0, 0.1) is 0 Å². The molecule has 0 aliphatic carbocycles. The lowest BCUT2D eigenvalue weighted by Crippen LogP contribution is -2.42. The van der Waals surface area contributed by atoms with E-state index >= 15 is 0 Å². The number of nitrogens with zero attached hydrogens (tertiary/aromatic N) is 1. The molecule has 1 heterocycles. The lowest BCUT2D eigenvalue weighted by molar-refractivity contribution is -0.131. The summed E-state index contributed by atoms with van der Waals surface area (Å²) in [6.45, 7) is 1.10. The van der Waals surface area contributed by atoms with Gasteiger partial charge < -0.3 is 19.7 Å². The minimum Gasteiger partial charge on any atom is -0.486 e. The Bertz CT molecular complexity index is 810. The zero-order valence-electron chi connectivity index (χ0n) is 15.0. The lowest BCUT2D eigenvalue weighted by Gasteiger charge is -2.29. The third kappa shape index (κ3) is 5.23. The standard InChI is InChI=1S/C20H21BrN2O4/c1-23(12-16-13-26-17-4-2-3-5-18(17)27-16)19(24)10-11-22-20(25)14-6-8-15(21)9-7-14/h2-9,16H,10-13H2,1H3,(H,22,25). The number of benzene rings is 2. The Morgan fingerprint density at radius 1 is 1.15 bits per heavy atom. The third-order valence-electron chi connectivity index (χ3n) is 4.20. The zero-order valence-corrected chi connectivity index (χ0v) is 16.6. The van der Waals surface area contributed by atoms with Crippen molar-refractivity contribution in [1.29, 1.82) is 0 Å². The van der Waals surface area contributed by atoms with Crippen LogP contribution in [0.5, 0.6) is 11.5 Å². The van der Waals surface area contributed by atoms with Crippen molar-refractivity contribution in [1.82, 2.24) is 10.2 Å². The van der Waals surface area contributed by atoms with E-state index in [0.717, 1.165) is 10.2 Å². The molecule has 0 saturated heterocycles. The summed E-state index contributed by atoms with van der Waals surface area (Å²) in [4.78, 5) is 26.0. The SMILES string of the molecule is CN(CC1COc2ccccc2O1)C(=O)CCNC(=O)c1ccc(Br)cc1. The van der Waals surface area contributed by atoms with Gasteiger partial charge in [-0.15, -0.1) is 0 Å². The van der Waals surface area contributed by atoms with E-state index in [4.69, 9.17) is 9.47 Å². The number of halogens is 1. The molecule has 0 fully saturated rings. The molecule has 142 valence electrons. The Hall–Kier alpha value is -2.54. The van der Waals surface area contributed by atoms with Crippen molar-refractivity contribution in [3.63, 3.8) is 0 Å². The Labute approximate surface area is 166 Å². The summed E-state index contributed by atoms with van der Waals surface area (Å²) < 4.78 is 12.4. The number of para-hydroxylation sites is 2. The summed E-state index contributed by atoms with van der Waals surface area (Å²) in [5.41, 5.74) is 0.561. The maximum atomic E-state index is 12.3. The summed E-state index contributed by atoms with van der Waals surface area (Å²) in [5.74, 6) is 1.15. The van der Waals surface area contributed by atoms with Crippen molar-refractivity contribution in [2.45, 2.75) is 12.5 Å².